The second-order valence-corrected chi connectivity index (χ2v) is 11.1. The number of carbonyl (C=O) groups excluding carboxylic acids is 1. The van der Waals surface area contributed by atoms with E-state index in [1.54, 1.807) is 19.1 Å². The molecular weight excluding hydrogens is 504 g/mol. The number of amides is 1. The zero-order valence-electron chi connectivity index (χ0n) is 24.4. The minimum atomic E-state index is -0.563. The van der Waals surface area contributed by atoms with Crippen LogP contribution in [-0.2, 0) is 17.7 Å². The van der Waals surface area contributed by atoms with Crippen LogP contribution in [0, 0.1) is 0 Å². The summed E-state index contributed by atoms with van der Waals surface area (Å²) in [6, 6.07) is 24.6. The standard InChI is InChI=1S/C33H42N2O5/c1-33(2,3)40-32(36)34(21-19-25-17-18-30(37-4)31(22-25)38-5)20-11-14-27-24-35(23-26-12-7-6-8-13-26)28-15-9-10-16-29(28)39-27/h6-10,12-13,15-18,22,27H,11,14,19-21,23-24H2,1-5H3. The number of benzene rings is 3. The number of rotatable bonds is 11. The first-order valence-corrected chi connectivity index (χ1v) is 14.0. The van der Waals surface area contributed by atoms with Crippen molar-refractivity contribution in [1.82, 2.24) is 4.90 Å². The van der Waals surface area contributed by atoms with E-state index in [-0.39, 0.29) is 12.2 Å². The predicted octanol–water partition coefficient (Wildman–Crippen LogP) is 6.73. The number of carbonyl (C=O) groups is 1. The second-order valence-electron chi connectivity index (χ2n) is 11.1. The molecule has 1 aliphatic rings. The van der Waals surface area contributed by atoms with Crippen molar-refractivity contribution in [2.75, 3.05) is 38.8 Å². The van der Waals surface area contributed by atoms with Gasteiger partial charge in [0.05, 0.1) is 26.5 Å². The van der Waals surface area contributed by atoms with Gasteiger partial charge in [-0.15, -0.1) is 0 Å². The summed E-state index contributed by atoms with van der Waals surface area (Å²) in [5.41, 5.74) is 2.89. The Hall–Kier alpha value is -3.87. The minimum absolute atomic E-state index is 0.0324. The van der Waals surface area contributed by atoms with E-state index < -0.39 is 5.60 Å². The van der Waals surface area contributed by atoms with Crippen molar-refractivity contribution in [3.8, 4) is 17.2 Å². The molecule has 214 valence electrons. The molecule has 1 amide bonds. The van der Waals surface area contributed by atoms with Crippen LogP contribution in [0.4, 0.5) is 10.5 Å². The van der Waals surface area contributed by atoms with E-state index in [4.69, 9.17) is 18.9 Å². The lowest BCUT2D eigenvalue weighted by molar-refractivity contribution is 0.0242. The SMILES string of the molecule is COc1ccc(CCN(CCCC2CN(Cc3ccccc3)c3ccccc3O2)C(=O)OC(C)(C)C)cc1OC. The average Bonchev–Trinajstić information content (AvgIpc) is 2.94. The number of ether oxygens (including phenoxy) is 4. The van der Waals surface area contributed by atoms with Crippen molar-refractivity contribution < 1.29 is 23.7 Å². The van der Waals surface area contributed by atoms with Crippen LogP contribution in [0.3, 0.4) is 0 Å². The Morgan fingerprint density at radius 3 is 2.38 bits per heavy atom. The van der Waals surface area contributed by atoms with Gasteiger partial charge in [-0.05, 0) is 75.4 Å². The van der Waals surface area contributed by atoms with Crippen LogP contribution in [0.25, 0.3) is 0 Å². The number of fused-ring (bicyclic) bond motifs is 1. The molecule has 40 heavy (non-hydrogen) atoms. The van der Waals surface area contributed by atoms with Crippen molar-refractivity contribution >= 4 is 11.8 Å². The largest absolute Gasteiger partial charge is 0.493 e. The van der Waals surface area contributed by atoms with E-state index in [0.717, 1.165) is 42.9 Å². The first-order valence-electron chi connectivity index (χ1n) is 14.0. The summed E-state index contributed by atoms with van der Waals surface area (Å²) in [6.45, 7) is 8.43. The summed E-state index contributed by atoms with van der Waals surface area (Å²) in [6.07, 6.45) is 2.04. The first kappa shape index (κ1) is 29.1. The first-order chi connectivity index (χ1) is 19.3. The molecule has 3 aromatic carbocycles. The van der Waals surface area contributed by atoms with Gasteiger partial charge >= 0.3 is 6.09 Å². The molecule has 1 unspecified atom stereocenters. The average molecular weight is 547 g/mol. The third-order valence-electron chi connectivity index (χ3n) is 6.86. The lowest BCUT2D eigenvalue weighted by atomic mass is 10.1. The van der Waals surface area contributed by atoms with Gasteiger partial charge in [0.2, 0.25) is 0 Å². The molecule has 0 N–H and O–H groups in total. The maximum Gasteiger partial charge on any atom is 0.410 e. The third kappa shape index (κ3) is 8.07. The zero-order valence-corrected chi connectivity index (χ0v) is 24.4. The number of hydrogen-bond donors (Lipinski definition) is 0. The highest BCUT2D eigenvalue weighted by atomic mass is 16.6. The van der Waals surface area contributed by atoms with Gasteiger partial charge in [0.25, 0.3) is 0 Å². The highest BCUT2D eigenvalue weighted by Crippen LogP contribution is 2.35. The molecule has 1 heterocycles. The van der Waals surface area contributed by atoms with Gasteiger partial charge in [-0.1, -0.05) is 48.5 Å². The highest BCUT2D eigenvalue weighted by Gasteiger charge is 2.27. The van der Waals surface area contributed by atoms with Gasteiger partial charge in [0, 0.05) is 19.6 Å². The molecule has 7 nitrogen and oxygen atoms in total. The summed E-state index contributed by atoms with van der Waals surface area (Å²) in [4.78, 5) is 17.3. The van der Waals surface area contributed by atoms with E-state index in [1.165, 1.54) is 5.56 Å². The van der Waals surface area contributed by atoms with Gasteiger partial charge in [-0.3, -0.25) is 0 Å². The third-order valence-corrected chi connectivity index (χ3v) is 6.86. The number of nitrogens with zero attached hydrogens (tertiary/aromatic N) is 2. The van der Waals surface area contributed by atoms with Crippen LogP contribution in [0.1, 0.15) is 44.7 Å². The number of methoxy groups -OCH3 is 2. The Balaban J connectivity index is 1.40. The van der Waals surface area contributed by atoms with E-state index >= 15 is 0 Å². The summed E-state index contributed by atoms with van der Waals surface area (Å²) in [5, 5.41) is 0. The van der Waals surface area contributed by atoms with Crippen LogP contribution < -0.4 is 19.1 Å². The van der Waals surface area contributed by atoms with E-state index in [9.17, 15) is 4.79 Å². The Labute approximate surface area is 238 Å². The zero-order chi connectivity index (χ0) is 28.5. The van der Waals surface area contributed by atoms with Crippen LogP contribution in [0.15, 0.2) is 72.8 Å². The minimum Gasteiger partial charge on any atom is -0.493 e. The van der Waals surface area contributed by atoms with Gasteiger partial charge < -0.3 is 28.7 Å². The molecule has 0 bridgehead atoms. The maximum absolute atomic E-state index is 13.1. The van der Waals surface area contributed by atoms with Gasteiger partial charge in [-0.2, -0.15) is 0 Å². The topological polar surface area (TPSA) is 60.5 Å². The molecule has 1 atom stereocenters. The van der Waals surface area contributed by atoms with Crippen molar-refractivity contribution in [3.05, 3.63) is 83.9 Å². The summed E-state index contributed by atoms with van der Waals surface area (Å²) < 4.78 is 23.0. The Bertz CT molecular complexity index is 1240. The fourth-order valence-corrected chi connectivity index (χ4v) is 4.91. The fraction of sp³-hybridized carbons (Fsp3) is 0.424. The van der Waals surface area contributed by atoms with Crippen molar-refractivity contribution in [2.24, 2.45) is 0 Å². The molecule has 1 aliphatic heterocycles. The van der Waals surface area contributed by atoms with E-state index in [1.807, 2.05) is 57.2 Å². The Kier molecular flexibility index (Phi) is 9.80. The number of para-hydroxylation sites is 2. The normalized spacial score (nSPS) is 14.6. The summed E-state index contributed by atoms with van der Waals surface area (Å²) in [5.74, 6) is 2.27. The van der Waals surface area contributed by atoms with E-state index in [0.29, 0.717) is 31.0 Å². The Morgan fingerprint density at radius 1 is 0.925 bits per heavy atom. The smallest absolute Gasteiger partial charge is 0.410 e. The van der Waals surface area contributed by atoms with Crippen molar-refractivity contribution in [2.45, 2.75) is 58.3 Å². The molecule has 3 aromatic rings. The molecule has 0 spiro atoms. The summed E-state index contributed by atoms with van der Waals surface area (Å²) >= 11 is 0. The molecule has 0 radical (unpaired) electrons. The summed E-state index contributed by atoms with van der Waals surface area (Å²) in [7, 11) is 3.25. The lowest BCUT2D eigenvalue weighted by Gasteiger charge is -2.37. The fourth-order valence-electron chi connectivity index (χ4n) is 4.91. The van der Waals surface area contributed by atoms with Gasteiger partial charge in [0.1, 0.15) is 17.5 Å². The number of anilines is 1. The van der Waals surface area contributed by atoms with Crippen molar-refractivity contribution in [3.63, 3.8) is 0 Å². The molecular formula is C33H42N2O5. The number of hydrogen-bond acceptors (Lipinski definition) is 6. The molecule has 0 saturated carbocycles. The van der Waals surface area contributed by atoms with Crippen LogP contribution in [0.2, 0.25) is 0 Å². The molecule has 0 aliphatic carbocycles. The van der Waals surface area contributed by atoms with Gasteiger partial charge in [0.15, 0.2) is 11.5 Å². The lowest BCUT2D eigenvalue weighted by Crippen LogP contribution is -2.41. The molecule has 0 fully saturated rings. The predicted molar refractivity (Wildman–Crippen MR) is 159 cm³/mol. The molecule has 7 heteroatoms. The van der Waals surface area contributed by atoms with Crippen LogP contribution >= 0.6 is 0 Å². The quantitative estimate of drug-likeness (QED) is 0.266. The second kappa shape index (κ2) is 13.5. The van der Waals surface area contributed by atoms with Gasteiger partial charge in [-0.25, -0.2) is 4.79 Å². The molecule has 0 saturated heterocycles. The van der Waals surface area contributed by atoms with Crippen LogP contribution in [0.5, 0.6) is 17.2 Å². The Morgan fingerprint density at radius 2 is 1.65 bits per heavy atom. The van der Waals surface area contributed by atoms with E-state index in [2.05, 4.69) is 41.3 Å². The molecule has 0 aromatic heterocycles. The highest BCUT2D eigenvalue weighted by molar-refractivity contribution is 5.68. The monoisotopic (exact) mass is 546 g/mol. The molecule has 4 rings (SSSR count). The maximum atomic E-state index is 13.1. The van der Waals surface area contributed by atoms with Crippen LogP contribution in [-0.4, -0.2) is 56.6 Å². The van der Waals surface area contributed by atoms with Crippen molar-refractivity contribution in [1.29, 1.82) is 0 Å².